The van der Waals surface area contributed by atoms with Crippen molar-refractivity contribution < 1.29 is 29.0 Å². The Morgan fingerprint density at radius 1 is 1.00 bits per heavy atom. The van der Waals surface area contributed by atoms with Crippen molar-refractivity contribution in [2.24, 2.45) is 0 Å². The molecule has 32 heavy (non-hydrogen) atoms. The number of rotatable bonds is 9. The van der Waals surface area contributed by atoms with Gasteiger partial charge in [0.1, 0.15) is 11.5 Å². The first-order valence-corrected chi connectivity index (χ1v) is 12.5. The highest BCUT2D eigenvalue weighted by Gasteiger charge is 2.22. The van der Waals surface area contributed by atoms with E-state index < -0.39 is 19.7 Å². The number of ether oxygens (including phenoxy) is 1. The molecule has 0 aliphatic carbocycles. The number of hydrogen-bond donors (Lipinski definition) is 4. The molecule has 8 heteroatoms. The van der Waals surface area contributed by atoms with Gasteiger partial charge in [0.15, 0.2) is 6.35 Å². The van der Waals surface area contributed by atoms with Crippen LogP contribution in [-0.2, 0) is 23.8 Å². The van der Waals surface area contributed by atoms with E-state index in [1.165, 1.54) is 13.8 Å². The molecule has 0 spiro atoms. The number of benzene rings is 2. The van der Waals surface area contributed by atoms with E-state index in [1.54, 1.807) is 12.1 Å². The van der Waals surface area contributed by atoms with Crippen LogP contribution in [0.2, 0.25) is 0 Å². The van der Waals surface area contributed by atoms with E-state index in [4.69, 9.17) is 4.74 Å². The molecule has 0 fully saturated rings. The predicted molar refractivity (Wildman–Crippen MR) is 125 cm³/mol. The van der Waals surface area contributed by atoms with Gasteiger partial charge in [0, 0.05) is 5.56 Å². The van der Waals surface area contributed by atoms with Crippen molar-refractivity contribution >= 4 is 13.5 Å². The maximum atomic E-state index is 12.2. The first kappa shape index (κ1) is 26.1. The van der Waals surface area contributed by atoms with Gasteiger partial charge in [-0.1, -0.05) is 26.0 Å². The van der Waals surface area contributed by atoms with E-state index in [0.717, 1.165) is 33.4 Å². The van der Waals surface area contributed by atoms with Gasteiger partial charge in [-0.05, 0) is 92.5 Å². The highest BCUT2D eigenvalue weighted by molar-refractivity contribution is 7.51. The normalized spacial score (nSPS) is 12.0. The highest BCUT2D eigenvalue weighted by atomic mass is 31.2. The van der Waals surface area contributed by atoms with Crippen molar-refractivity contribution in [3.05, 3.63) is 63.2 Å². The molecule has 0 unspecified atom stereocenters. The van der Waals surface area contributed by atoms with Gasteiger partial charge in [-0.15, -0.1) is 0 Å². The van der Waals surface area contributed by atoms with Crippen molar-refractivity contribution in [2.75, 3.05) is 6.35 Å². The Balaban J connectivity index is 2.40. The van der Waals surface area contributed by atoms with Crippen LogP contribution in [0.15, 0.2) is 24.3 Å². The van der Waals surface area contributed by atoms with E-state index in [2.05, 4.69) is 5.32 Å². The lowest BCUT2D eigenvalue weighted by atomic mass is 9.86. The second-order valence-electron chi connectivity index (χ2n) is 8.55. The van der Waals surface area contributed by atoms with E-state index >= 15 is 0 Å². The first-order chi connectivity index (χ1) is 14.8. The summed E-state index contributed by atoms with van der Waals surface area (Å²) in [5.41, 5.74) is 5.36. The molecule has 7 nitrogen and oxygen atoms in total. The Morgan fingerprint density at radius 2 is 1.50 bits per heavy atom. The van der Waals surface area contributed by atoms with Crippen LogP contribution in [0.1, 0.15) is 71.4 Å². The van der Waals surface area contributed by atoms with E-state index in [1.807, 2.05) is 39.8 Å². The fraction of sp³-hybridized carbons (Fsp3) is 0.458. The van der Waals surface area contributed by atoms with Gasteiger partial charge in [0.25, 0.3) is 5.91 Å². The third kappa shape index (κ3) is 6.66. The predicted octanol–water partition coefficient (Wildman–Crippen LogP) is 3.99. The summed E-state index contributed by atoms with van der Waals surface area (Å²) < 4.78 is 17.0. The molecule has 0 aliphatic rings. The Bertz CT molecular complexity index is 987. The lowest BCUT2D eigenvalue weighted by molar-refractivity contribution is 0.0375. The van der Waals surface area contributed by atoms with Crippen LogP contribution < -0.4 is 10.1 Å². The number of nitrogens with one attached hydrogen (secondary N) is 1. The van der Waals surface area contributed by atoms with Crippen LogP contribution in [0.3, 0.4) is 0 Å². The smallest absolute Gasteiger partial charge is 0.362 e. The Morgan fingerprint density at radius 3 is 1.91 bits per heavy atom. The fourth-order valence-electron chi connectivity index (χ4n) is 3.94. The standard InChI is InChI=1S/C24H34NO6P/c1-7-19-15(3)21(16(4)20(8-2)22(19)31-14-32(28,29)30)13-17-9-11-18(12-10-17)23(26)25-24(5,6)27/h9-12,27H,7-8,13-14H2,1-6H3,(H,25,26)(H2,28,29,30). The largest absolute Gasteiger partial charge is 0.480 e. The molecule has 1 amide bonds. The number of carbonyl (C=O) groups excluding carboxylic acids is 1. The summed E-state index contributed by atoms with van der Waals surface area (Å²) in [5.74, 6) is 0.236. The summed E-state index contributed by atoms with van der Waals surface area (Å²) in [6.45, 7) is 11.0. The van der Waals surface area contributed by atoms with Crippen LogP contribution in [0.4, 0.5) is 0 Å². The average molecular weight is 464 g/mol. The number of aliphatic hydroxyl groups is 1. The zero-order chi connectivity index (χ0) is 24.3. The molecule has 4 N–H and O–H groups in total. The molecule has 176 valence electrons. The maximum Gasteiger partial charge on any atom is 0.362 e. The van der Waals surface area contributed by atoms with Gasteiger partial charge in [-0.3, -0.25) is 9.36 Å². The molecule has 0 bridgehead atoms. The summed E-state index contributed by atoms with van der Waals surface area (Å²) in [6, 6.07) is 7.27. The quantitative estimate of drug-likeness (QED) is 0.330. The van der Waals surface area contributed by atoms with Gasteiger partial charge in [0.05, 0.1) is 0 Å². The third-order valence-corrected chi connectivity index (χ3v) is 5.92. The van der Waals surface area contributed by atoms with Gasteiger partial charge in [-0.25, -0.2) is 0 Å². The Labute approximate surface area is 190 Å². The second kappa shape index (κ2) is 10.2. The van der Waals surface area contributed by atoms with Crippen LogP contribution in [0.25, 0.3) is 0 Å². The Hall–Kier alpha value is -2.18. The summed E-state index contributed by atoms with van der Waals surface area (Å²) in [5, 5.41) is 12.3. The molecular weight excluding hydrogens is 429 g/mol. The number of amides is 1. The molecule has 0 aromatic heterocycles. The first-order valence-electron chi connectivity index (χ1n) is 10.7. The van der Waals surface area contributed by atoms with Gasteiger partial charge in [0.2, 0.25) is 0 Å². The molecule has 0 radical (unpaired) electrons. The van der Waals surface area contributed by atoms with E-state index in [-0.39, 0.29) is 5.91 Å². The lowest BCUT2D eigenvalue weighted by Crippen LogP contribution is -2.43. The minimum atomic E-state index is -4.29. The maximum absolute atomic E-state index is 12.2. The van der Waals surface area contributed by atoms with Gasteiger partial charge < -0.3 is 24.9 Å². The van der Waals surface area contributed by atoms with Crippen molar-refractivity contribution in [1.82, 2.24) is 5.32 Å². The molecular formula is C24H34NO6P. The molecule has 2 aromatic rings. The second-order valence-corrected chi connectivity index (χ2v) is 10.1. The SMILES string of the molecule is CCc1c(C)c(Cc2ccc(C(=O)NC(C)(C)O)cc2)c(C)c(CC)c1OCP(=O)(O)O. The summed E-state index contributed by atoms with van der Waals surface area (Å²) in [7, 11) is -4.29. The van der Waals surface area contributed by atoms with Crippen LogP contribution in [0, 0.1) is 13.8 Å². The number of carbonyl (C=O) groups is 1. The van der Waals surface area contributed by atoms with Crippen LogP contribution in [-0.4, -0.2) is 32.9 Å². The summed E-state index contributed by atoms with van der Waals surface area (Å²) in [6.07, 6.45) is 1.38. The van der Waals surface area contributed by atoms with Crippen molar-refractivity contribution in [3.8, 4) is 5.75 Å². The van der Waals surface area contributed by atoms with Gasteiger partial charge >= 0.3 is 7.60 Å². The molecule has 0 saturated heterocycles. The number of hydrogen-bond acceptors (Lipinski definition) is 4. The summed E-state index contributed by atoms with van der Waals surface area (Å²) >= 11 is 0. The fourth-order valence-corrected chi connectivity index (χ4v) is 4.23. The minimum absolute atomic E-state index is 0.343. The van der Waals surface area contributed by atoms with Gasteiger partial charge in [-0.2, -0.15) is 0 Å². The van der Waals surface area contributed by atoms with Crippen molar-refractivity contribution in [1.29, 1.82) is 0 Å². The van der Waals surface area contributed by atoms with Crippen LogP contribution >= 0.6 is 7.60 Å². The average Bonchev–Trinajstić information content (AvgIpc) is 2.68. The zero-order valence-corrected chi connectivity index (χ0v) is 20.5. The van der Waals surface area contributed by atoms with Crippen molar-refractivity contribution in [2.45, 2.75) is 66.5 Å². The van der Waals surface area contributed by atoms with E-state index in [9.17, 15) is 24.3 Å². The monoisotopic (exact) mass is 463 g/mol. The minimum Gasteiger partial charge on any atom is -0.480 e. The topological polar surface area (TPSA) is 116 Å². The molecule has 0 atom stereocenters. The third-order valence-electron chi connectivity index (χ3n) is 5.46. The summed E-state index contributed by atoms with van der Waals surface area (Å²) in [4.78, 5) is 30.8. The zero-order valence-electron chi connectivity index (χ0n) is 19.7. The highest BCUT2D eigenvalue weighted by Crippen LogP contribution is 2.40. The molecule has 0 saturated carbocycles. The molecule has 2 aromatic carbocycles. The lowest BCUT2D eigenvalue weighted by Gasteiger charge is -2.23. The van der Waals surface area contributed by atoms with E-state index in [0.29, 0.717) is 30.6 Å². The molecule has 0 heterocycles. The molecule has 2 rings (SSSR count). The van der Waals surface area contributed by atoms with Crippen molar-refractivity contribution in [3.63, 3.8) is 0 Å². The Kier molecular flexibility index (Phi) is 8.29. The van der Waals surface area contributed by atoms with Crippen LogP contribution in [0.5, 0.6) is 5.75 Å². The molecule has 0 aliphatic heterocycles.